The minimum absolute atomic E-state index is 0.0985. The zero-order valence-electron chi connectivity index (χ0n) is 10.5. The molecule has 0 unspecified atom stereocenters. The number of rotatable bonds is 7. The van der Waals surface area contributed by atoms with Crippen LogP contribution >= 0.6 is 27.7 Å². The topological polar surface area (TPSA) is 55.1 Å². The lowest BCUT2D eigenvalue weighted by Gasteiger charge is -2.07. The number of carbonyl (C=O) groups excluding carboxylic acids is 1. The lowest BCUT2D eigenvalue weighted by molar-refractivity contribution is 0.0954. The highest BCUT2D eigenvalue weighted by molar-refractivity contribution is 9.10. The van der Waals surface area contributed by atoms with Crippen LogP contribution < -0.4 is 11.1 Å². The molecule has 0 aliphatic carbocycles. The van der Waals surface area contributed by atoms with Crippen LogP contribution in [0.1, 0.15) is 29.6 Å². The van der Waals surface area contributed by atoms with Crippen LogP contribution in [-0.2, 0) is 0 Å². The molecule has 3 N–H and O–H groups in total. The number of carbonyl (C=O) groups is 1. The molecule has 1 aromatic carbocycles. The van der Waals surface area contributed by atoms with E-state index in [9.17, 15) is 4.79 Å². The van der Waals surface area contributed by atoms with E-state index in [-0.39, 0.29) is 5.91 Å². The van der Waals surface area contributed by atoms with Crippen LogP contribution in [0.2, 0.25) is 0 Å². The third-order valence-electron chi connectivity index (χ3n) is 2.57. The minimum Gasteiger partial charge on any atom is -0.398 e. The Morgan fingerprint density at radius 3 is 2.89 bits per heavy atom. The predicted octanol–water partition coefficient (Wildman–Crippen LogP) is 3.29. The van der Waals surface area contributed by atoms with Gasteiger partial charge in [0, 0.05) is 16.7 Å². The molecule has 5 heteroatoms. The molecule has 0 radical (unpaired) electrons. The number of nitrogen functional groups attached to an aromatic ring is 1. The van der Waals surface area contributed by atoms with Crippen LogP contribution in [0.25, 0.3) is 0 Å². The number of hydrogen-bond donors (Lipinski definition) is 2. The van der Waals surface area contributed by atoms with E-state index in [0.717, 1.165) is 17.3 Å². The minimum atomic E-state index is -0.0985. The highest BCUT2D eigenvalue weighted by atomic mass is 79.9. The Balaban J connectivity index is 2.34. The second-order valence-corrected chi connectivity index (χ2v) is 5.94. The van der Waals surface area contributed by atoms with Crippen molar-refractivity contribution in [1.82, 2.24) is 5.32 Å². The molecular weight excluding hydrogens is 312 g/mol. The molecule has 3 nitrogen and oxygen atoms in total. The molecule has 0 saturated carbocycles. The average Bonchev–Trinajstić information content (AvgIpc) is 2.36. The summed E-state index contributed by atoms with van der Waals surface area (Å²) in [6.07, 6.45) is 5.48. The molecule has 0 saturated heterocycles. The molecule has 1 aromatic rings. The van der Waals surface area contributed by atoms with Crippen LogP contribution in [0.3, 0.4) is 0 Å². The van der Waals surface area contributed by atoms with Crippen molar-refractivity contribution in [1.29, 1.82) is 0 Å². The summed E-state index contributed by atoms with van der Waals surface area (Å²) in [5, 5.41) is 2.90. The summed E-state index contributed by atoms with van der Waals surface area (Å²) in [7, 11) is 0. The second-order valence-electron chi connectivity index (χ2n) is 4.04. The van der Waals surface area contributed by atoms with Crippen LogP contribution in [0.4, 0.5) is 5.69 Å². The molecule has 0 fully saturated rings. The molecule has 18 heavy (non-hydrogen) atoms. The number of thioether (sulfide) groups is 1. The molecule has 0 aromatic heterocycles. The van der Waals surface area contributed by atoms with Crippen LogP contribution in [0.15, 0.2) is 22.7 Å². The summed E-state index contributed by atoms with van der Waals surface area (Å²) in [4.78, 5) is 11.9. The summed E-state index contributed by atoms with van der Waals surface area (Å²) in [6, 6.07) is 5.31. The maximum Gasteiger partial charge on any atom is 0.253 e. The lowest BCUT2D eigenvalue weighted by Crippen LogP contribution is -2.25. The van der Waals surface area contributed by atoms with Crippen molar-refractivity contribution in [3.05, 3.63) is 28.2 Å². The second kappa shape index (κ2) is 8.43. The Bertz CT molecular complexity index is 399. The number of halogens is 1. The van der Waals surface area contributed by atoms with Crippen molar-refractivity contribution in [2.75, 3.05) is 24.3 Å². The highest BCUT2D eigenvalue weighted by Gasteiger charge is 2.09. The molecule has 0 bridgehead atoms. The summed E-state index contributed by atoms with van der Waals surface area (Å²) in [5.41, 5.74) is 6.82. The fourth-order valence-corrected chi connectivity index (χ4v) is 2.42. The Morgan fingerprint density at radius 2 is 2.17 bits per heavy atom. The third kappa shape index (κ3) is 5.31. The highest BCUT2D eigenvalue weighted by Crippen LogP contribution is 2.18. The van der Waals surface area contributed by atoms with E-state index in [1.807, 2.05) is 17.8 Å². The van der Waals surface area contributed by atoms with E-state index in [1.165, 1.54) is 12.2 Å². The van der Waals surface area contributed by atoms with Gasteiger partial charge < -0.3 is 11.1 Å². The summed E-state index contributed by atoms with van der Waals surface area (Å²) in [5.74, 6) is 1.09. The molecule has 0 aliphatic heterocycles. The predicted molar refractivity (Wildman–Crippen MR) is 83.1 cm³/mol. The SMILES string of the molecule is CSCCCCCNC(=O)c1cc(Br)ccc1N. The zero-order chi connectivity index (χ0) is 13.4. The van der Waals surface area contributed by atoms with E-state index in [4.69, 9.17) is 5.73 Å². The molecule has 1 amide bonds. The van der Waals surface area contributed by atoms with Gasteiger partial charge in [-0.25, -0.2) is 0 Å². The van der Waals surface area contributed by atoms with E-state index >= 15 is 0 Å². The number of unbranched alkanes of at least 4 members (excludes halogenated alkanes) is 2. The Kier molecular flexibility index (Phi) is 7.20. The van der Waals surface area contributed by atoms with Gasteiger partial charge >= 0.3 is 0 Å². The number of amides is 1. The smallest absolute Gasteiger partial charge is 0.253 e. The Labute approximate surface area is 121 Å². The third-order valence-corrected chi connectivity index (χ3v) is 3.76. The first-order valence-corrected chi connectivity index (χ1v) is 8.16. The number of nitrogens with two attached hydrogens (primary N) is 1. The summed E-state index contributed by atoms with van der Waals surface area (Å²) < 4.78 is 0.863. The number of anilines is 1. The number of nitrogens with one attached hydrogen (secondary N) is 1. The van der Waals surface area contributed by atoms with Crippen LogP contribution in [0, 0.1) is 0 Å². The Hall–Kier alpha value is -0.680. The largest absolute Gasteiger partial charge is 0.398 e. The van der Waals surface area contributed by atoms with Crippen molar-refractivity contribution in [2.45, 2.75) is 19.3 Å². The monoisotopic (exact) mass is 330 g/mol. The van der Waals surface area contributed by atoms with Gasteiger partial charge in [0.05, 0.1) is 5.56 Å². The van der Waals surface area contributed by atoms with E-state index in [2.05, 4.69) is 27.5 Å². The first-order valence-electron chi connectivity index (χ1n) is 5.97. The standard InChI is InChI=1S/C13H19BrN2OS/c1-18-8-4-2-3-7-16-13(17)11-9-10(14)5-6-12(11)15/h5-6,9H,2-4,7-8,15H2,1H3,(H,16,17). The van der Waals surface area contributed by atoms with E-state index in [0.29, 0.717) is 17.8 Å². The average molecular weight is 331 g/mol. The number of hydrogen-bond acceptors (Lipinski definition) is 3. The lowest BCUT2D eigenvalue weighted by atomic mass is 10.1. The molecule has 0 heterocycles. The molecule has 100 valence electrons. The van der Waals surface area contributed by atoms with Crippen LogP contribution in [-0.4, -0.2) is 24.5 Å². The van der Waals surface area contributed by atoms with Gasteiger partial charge in [0.25, 0.3) is 5.91 Å². The maximum atomic E-state index is 11.9. The normalized spacial score (nSPS) is 10.3. The van der Waals surface area contributed by atoms with Gasteiger partial charge in [-0.3, -0.25) is 4.79 Å². The summed E-state index contributed by atoms with van der Waals surface area (Å²) >= 11 is 5.19. The van der Waals surface area contributed by atoms with Crippen LogP contribution in [0.5, 0.6) is 0 Å². The Morgan fingerprint density at radius 1 is 1.39 bits per heavy atom. The van der Waals surface area contributed by atoms with Gasteiger partial charge in [-0.15, -0.1) is 0 Å². The van der Waals surface area contributed by atoms with Crippen molar-refractivity contribution < 1.29 is 4.79 Å². The molecule has 0 aliphatic rings. The van der Waals surface area contributed by atoms with Crippen molar-refractivity contribution >= 4 is 39.3 Å². The van der Waals surface area contributed by atoms with Gasteiger partial charge in [0.15, 0.2) is 0 Å². The molecule has 0 atom stereocenters. The number of benzene rings is 1. The van der Waals surface area contributed by atoms with Crippen molar-refractivity contribution in [3.63, 3.8) is 0 Å². The zero-order valence-corrected chi connectivity index (χ0v) is 12.9. The maximum absolute atomic E-state index is 11.9. The molecule has 0 spiro atoms. The van der Waals surface area contributed by atoms with Gasteiger partial charge in [-0.1, -0.05) is 22.4 Å². The molecular formula is C13H19BrN2OS. The summed E-state index contributed by atoms with van der Waals surface area (Å²) in [6.45, 7) is 0.708. The fourth-order valence-electron chi connectivity index (χ4n) is 1.57. The van der Waals surface area contributed by atoms with Gasteiger partial charge in [0.2, 0.25) is 0 Å². The molecule has 1 rings (SSSR count). The van der Waals surface area contributed by atoms with Crippen molar-refractivity contribution in [3.8, 4) is 0 Å². The first kappa shape index (κ1) is 15.4. The fraction of sp³-hybridized carbons (Fsp3) is 0.462. The van der Waals surface area contributed by atoms with Gasteiger partial charge in [-0.05, 0) is 43.0 Å². The quantitative estimate of drug-likeness (QED) is 0.595. The van der Waals surface area contributed by atoms with Gasteiger partial charge in [-0.2, -0.15) is 11.8 Å². The van der Waals surface area contributed by atoms with E-state index < -0.39 is 0 Å². The van der Waals surface area contributed by atoms with Gasteiger partial charge in [0.1, 0.15) is 0 Å². The van der Waals surface area contributed by atoms with E-state index in [1.54, 1.807) is 12.1 Å². The first-order chi connectivity index (χ1) is 8.65. The van der Waals surface area contributed by atoms with Crippen molar-refractivity contribution in [2.24, 2.45) is 0 Å².